The van der Waals surface area contributed by atoms with Gasteiger partial charge in [0.1, 0.15) is 0 Å². The van der Waals surface area contributed by atoms with Gasteiger partial charge in [-0.1, -0.05) is 66.7 Å². The first-order chi connectivity index (χ1) is 7.33. The molecule has 0 N–H and O–H groups in total. The smallest absolute Gasteiger partial charge is 0.855 e. The van der Waals surface area contributed by atoms with Gasteiger partial charge in [0.2, 0.25) is 0 Å². The van der Waals surface area contributed by atoms with Gasteiger partial charge >= 0.3 is 103 Å². The molecule has 0 aromatic carbocycles. The summed E-state index contributed by atoms with van der Waals surface area (Å²) in [6.45, 7) is 12.0. The zero-order chi connectivity index (χ0) is 12.4. The van der Waals surface area contributed by atoms with Crippen LogP contribution in [0.15, 0.2) is 0 Å². The third kappa shape index (κ3) is 54.6. The van der Waals surface area contributed by atoms with E-state index in [2.05, 4.69) is 19.2 Å². The van der Waals surface area contributed by atoms with Crippen molar-refractivity contribution in [2.24, 2.45) is 0 Å². The van der Waals surface area contributed by atoms with Crippen molar-refractivity contribution in [3.05, 3.63) is 5.32 Å². The Morgan fingerprint density at radius 2 is 1.24 bits per heavy atom. The Morgan fingerprint density at radius 3 is 1.59 bits per heavy atom. The normalized spacial score (nSPS) is 7.41. The molecule has 0 atom stereocenters. The molecule has 0 aliphatic heterocycles. The van der Waals surface area contributed by atoms with Crippen molar-refractivity contribution in [3.8, 4) is 0 Å². The molecule has 0 fully saturated rings. The Labute approximate surface area is 195 Å². The molecule has 0 saturated carbocycles. The zero-order valence-electron chi connectivity index (χ0n) is 13.5. The molecule has 0 heterocycles. The number of hydrogen-bond donors (Lipinski definition) is 0. The molecule has 2 nitrogen and oxygen atoms in total. The van der Waals surface area contributed by atoms with Gasteiger partial charge in [0, 0.05) is 0 Å². The van der Waals surface area contributed by atoms with Gasteiger partial charge in [-0.2, -0.15) is 6.54 Å². The van der Waals surface area contributed by atoms with Crippen LogP contribution in [0.1, 0.15) is 66.7 Å². The fraction of sp³-hybridized carbons (Fsp3) is 1.00. The van der Waals surface area contributed by atoms with Crippen LogP contribution in [0, 0.1) is 0 Å². The van der Waals surface area contributed by atoms with E-state index in [1.807, 2.05) is 13.8 Å². The minimum Gasteiger partial charge on any atom is -0.855 e. The molecule has 17 heavy (non-hydrogen) atoms. The predicted octanol–water partition coefficient (Wildman–Crippen LogP) is -2.25. The quantitative estimate of drug-likeness (QED) is 0.386. The first-order valence-electron chi connectivity index (χ1n) is 6.54. The SMILES string of the molecule is CC.CCCCCCC[N-]CC.CC[O-].[K+].[K+]. The molecule has 0 aromatic heterocycles. The second-order valence-corrected chi connectivity index (χ2v) is 2.97. The van der Waals surface area contributed by atoms with Crippen LogP contribution in [0.2, 0.25) is 0 Å². The van der Waals surface area contributed by atoms with Gasteiger partial charge in [-0.05, 0) is 0 Å². The minimum absolute atomic E-state index is 0. The topological polar surface area (TPSA) is 37.2 Å². The molecule has 0 amide bonds. The summed E-state index contributed by atoms with van der Waals surface area (Å²) in [7, 11) is 0. The monoisotopic (exact) mass is 295 g/mol. The van der Waals surface area contributed by atoms with Crippen LogP contribution in [-0.4, -0.2) is 19.7 Å². The van der Waals surface area contributed by atoms with Crippen molar-refractivity contribution in [3.63, 3.8) is 0 Å². The molecule has 0 spiro atoms. The van der Waals surface area contributed by atoms with Crippen LogP contribution in [0.4, 0.5) is 0 Å². The third-order valence-corrected chi connectivity index (χ3v) is 1.64. The summed E-state index contributed by atoms with van der Waals surface area (Å²) in [6.07, 6.45) is 6.80. The standard InChI is InChI=1S/C9H20N.C2H5O.C2H6.2K/c1-3-5-6-7-8-9-10-4-2;1-2-3;1-2;;/h3-9H2,1-2H3;2H2,1H3;1-2H3;;/q2*-1;;2*+1. The van der Waals surface area contributed by atoms with E-state index in [1.165, 1.54) is 32.1 Å². The number of unbranched alkanes of at least 4 members (excludes halogenated alkanes) is 4. The molecule has 0 saturated heterocycles. The summed E-state index contributed by atoms with van der Waals surface area (Å²) in [6, 6.07) is 0. The second kappa shape index (κ2) is 42.7. The predicted molar refractivity (Wildman–Crippen MR) is 69.4 cm³/mol. The van der Waals surface area contributed by atoms with Crippen molar-refractivity contribution in [1.29, 1.82) is 0 Å². The summed E-state index contributed by atoms with van der Waals surface area (Å²) >= 11 is 0. The Bertz CT molecular complexity index is 68.4. The van der Waals surface area contributed by atoms with Crippen molar-refractivity contribution >= 4 is 0 Å². The molecular formula is C13H31K2NO. The second-order valence-electron chi connectivity index (χ2n) is 2.97. The Balaban J connectivity index is -0.0000000598. The molecule has 0 aliphatic carbocycles. The third-order valence-electron chi connectivity index (χ3n) is 1.64. The van der Waals surface area contributed by atoms with Gasteiger partial charge < -0.3 is 10.4 Å². The first-order valence-corrected chi connectivity index (χ1v) is 6.54. The van der Waals surface area contributed by atoms with Crippen molar-refractivity contribution in [2.45, 2.75) is 66.7 Å². The molecule has 0 unspecified atom stereocenters. The van der Waals surface area contributed by atoms with Crippen molar-refractivity contribution in [2.75, 3.05) is 19.7 Å². The van der Waals surface area contributed by atoms with Gasteiger partial charge in [0.05, 0.1) is 0 Å². The van der Waals surface area contributed by atoms with Crippen LogP contribution < -0.4 is 108 Å². The van der Waals surface area contributed by atoms with Crippen LogP contribution in [0.25, 0.3) is 5.32 Å². The molecule has 0 aliphatic rings. The minimum atomic E-state index is 0. The average molecular weight is 296 g/mol. The molecule has 0 aromatic rings. The van der Waals surface area contributed by atoms with Crippen LogP contribution >= 0.6 is 0 Å². The van der Waals surface area contributed by atoms with E-state index in [-0.39, 0.29) is 109 Å². The van der Waals surface area contributed by atoms with Crippen LogP contribution in [0.3, 0.4) is 0 Å². The fourth-order valence-electron chi connectivity index (χ4n) is 0.985. The van der Waals surface area contributed by atoms with E-state index in [0.717, 1.165) is 13.1 Å². The van der Waals surface area contributed by atoms with E-state index in [9.17, 15) is 0 Å². The average Bonchev–Trinajstić information content (AvgIpc) is 2.27. The number of rotatable bonds is 7. The van der Waals surface area contributed by atoms with Crippen molar-refractivity contribution in [1.82, 2.24) is 0 Å². The van der Waals surface area contributed by atoms with Crippen LogP contribution in [0.5, 0.6) is 0 Å². The Hall–Kier alpha value is 3.19. The largest absolute Gasteiger partial charge is 1.00 e. The molecule has 0 rings (SSSR count). The summed E-state index contributed by atoms with van der Waals surface area (Å²) in [5.74, 6) is 0. The van der Waals surface area contributed by atoms with Gasteiger partial charge in [-0.25, -0.2) is 0 Å². The summed E-state index contributed by atoms with van der Waals surface area (Å²) < 4.78 is 0. The van der Waals surface area contributed by atoms with Gasteiger partial charge in [0.15, 0.2) is 0 Å². The van der Waals surface area contributed by atoms with E-state index in [4.69, 9.17) is 5.11 Å². The Kier molecular flexibility index (Phi) is 81.0. The van der Waals surface area contributed by atoms with E-state index < -0.39 is 0 Å². The number of hydrogen-bond acceptors (Lipinski definition) is 1. The number of nitrogens with zero attached hydrogens (tertiary/aromatic N) is 1. The van der Waals surface area contributed by atoms with Crippen molar-refractivity contribution < 1.29 is 108 Å². The van der Waals surface area contributed by atoms with E-state index >= 15 is 0 Å². The van der Waals surface area contributed by atoms with E-state index in [0.29, 0.717) is 0 Å². The van der Waals surface area contributed by atoms with Crippen LogP contribution in [-0.2, 0) is 0 Å². The summed E-state index contributed by atoms with van der Waals surface area (Å²) in [5, 5.41) is 13.2. The van der Waals surface area contributed by atoms with Gasteiger partial charge in [-0.3, -0.25) is 0 Å². The molecule has 96 valence electrons. The molecule has 4 heteroatoms. The van der Waals surface area contributed by atoms with Gasteiger partial charge in [-0.15, -0.1) is 13.2 Å². The first kappa shape index (κ1) is 32.2. The maximum atomic E-state index is 8.93. The molecule has 0 bridgehead atoms. The fourth-order valence-corrected chi connectivity index (χ4v) is 0.985. The maximum absolute atomic E-state index is 8.93. The zero-order valence-corrected chi connectivity index (χ0v) is 19.8. The summed E-state index contributed by atoms with van der Waals surface area (Å²) in [5.41, 5.74) is 0. The molecular weight excluding hydrogens is 264 g/mol. The maximum Gasteiger partial charge on any atom is 1.00 e. The summed E-state index contributed by atoms with van der Waals surface area (Å²) in [4.78, 5) is 0. The van der Waals surface area contributed by atoms with E-state index in [1.54, 1.807) is 6.92 Å². The molecule has 0 radical (unpaired) electrons. The Morgan fingerprint density at radius 1 is 0.824 bits per heavy atom. The van der Waals surface area contributed by atoms with Gasteiger partial charge in [0.25, 0.3) is 0 Å².